The Balaban J connectivity index is 3.13. The molecule has 2 N–H and O–H groups in total. The molecule has 0 aliphatic rings. The lowest BCUT2D eigenvalue weighted by molar-refractivity contribution is -0.124. The summed E-state index contributed by atoms with van der Waals surface area (Å²) >= 11 is 0. The molecule has 0 fully saturated rings. The van der Waals surface area contributed by atoms with E-state index in [1.807, 2.05) is 58.0 Å². The number of nitrogens with two attached hydrogens (primary N) is 1. The van der Waals surface area contributed by atoms with Crippen LogP contribution >= 0.6 is 0 Å². The molecule has 16 heavy (non-hydrogen) atoms. The van der Waals surface area contributed by atoms with Crippen LogP contribution in [0.25, 0.3) is 0 Å². The summed E-state index contributed by atoms with van der Waals surface area (Å²) in [4.78, 5) is 12.2. The van der Waals surface area contributed by atoms with Crippen molar-refractivity contribution in [2.24, 2.45) is 11.7 Å². The average molecular weight is 219 g/mol. The Morgan fingerprint density at radius 3 is 2.06 bits per heavy atom. The Bertz CT molecular complexity index is 349. The maximum absolute atomic E-state index is 12.2. The van der Waals surface area contributed by atoms with Crippen LogP contribution in [0, 0.1) is 5.92 Å². The SMILES string of the molecule is CC(C)C(=O)[C@H](c1ccccc1)C(C)(C)N. The van der Waals surface area contributed by atoms with Crippen LogP contribution in [0.2, 0.25) is 0 Å². The number of hydrogen-bond donors (Lipinski definition) is 1. The van der Waals surface area contributed by atoms with Gasteiger partial charge in [0, 0.05) is 11.5 Å². The largest absolute Gasteiger partial charge is 0.325 e. The second kappa shape index (κ2) is 4.79. The molecule has 1 rings (SSSR count). The maximum Gasteiger partial charge on any atom is 0.144 e. The van der Waals surface area contributed by atoms with Gasteiger partial charge in [0.2, 0.25) is 0 Å². The van der Waals surface area contributed by atoms with Gasteiger partial charge in [0.25, 0.3) is 0 Å². The van der Waals surface area contributed by atoms with E-state index in [1.165, 1.54) is 0 Å². The van der Waals surface area contributed by atoms with Crippen LogP contribution in [0.5, 0.6) is 0 Å². The Hall–Kier alpha value is -1.15. The van der Waals surface area contributed by atoms with Crippen molar-refractivity contribution in [3.05, 3.63) is 35.9 Å². The Labute approximate surface area is 97.9 Å². The lowest BCUT2D eigenvalue weighted by atomic mass is 9.77. The van der Waals surface area contributed by atoms with Crippen molar-refractivity contribution in [1.29, 1.82) is 0 Å². The summed E-state index contributed by atoms with van der Waals surface area (Å²) in [7, 11) is 0. The van der Waals surface area contributed by atoms with E-state index in [4.69, 9.17) is 5.73 Å². The summed E-state index contributed by atoms with van der Waals surface area (Å²) in [5.74, 6) is -0.0135. The molecular weight excluding hydrogens is 198 g/mol. The molecule has 2 nitrogen and oxygen atoms in total. The van der Waals surface area contributed by atoms with Gasteiger partial charge in [-0.05, 0) is 19.4 Å². The summed E-state index contributed by atoms with van der Waals surface area (Å²) < 4.78 is 0. The molecule has 0 radical (unpaired) electrons. The quantitative estimate of drug-likeness (QED) is 0.846. The zero-order valence-corrected chi connectivity index (χ0v) is 10.5. The molecule has 0 spiro atoms. The number of carbonyl (C=O) groups is 1. The van der Waals surface area contributed by atoms with Crippen molar-refractivity contribution in [1.82, 2.24) is 0 Å². The highest BCUT2D eigenvalue weighted by Crippen LogP contribution is 2.29. The smallest absolute Gasteiger partial charge is 0.144 e. The molecule has 0 heterocycles. The van der Waals surface area contributed by atoms with E-state index in [2.05, 4.69) is 0 Å². The third-order valence-electron chi connectivity index (χ3n) is 2.73. The minimum absolute atomic E-state index is 0.00744. The van der Waals surface area contributed by atoms with E-state index in [9.17, 15) is 4.79 Å². The van der Waals surface area contributed by atoms with Gasteiger partial charge in [0.15, 0.2) is 0 Å². The Kier molecular flexibility index (Phi) is 3.87. The number of benzene rings is 1. The Morgan fingerprint density at radius 2 is 1.69 bits per heavy atom. The van der Waals surface area contributed by atoms with Crippen LogP contribution in [0.3, 0.4) is 0 Å². The number of rotatable bonds is 4. The van der Waals surface area contributed by atoms with Gasteiger partial charge in [-0.1, -0.05) is 44.2 Å². The van der Waals surface area contributed by atoms with Crippen LogP contribution in [0.15, 0.2) is 30.3 Å². The maximum atomic E-state index is 12.2. The fourth-order valence-electron chi connectivity index (χ4n) is 1.94. The highest BCUT2D eigenvalue weighted by molar-refractivity contribution is 5.88. The molecule has 0 aromatic heterocycles. The van der Waals surface area contributed by atoms with Gasteiger partial charge in [-0.15, -0.1) is 0 Å². The molecule has 0 unspecified atom stereocenters. The van der Waals surface area contributed by atoms with E-state index in [0.717, 1.165) is 5.56 Å². The number of ketones is 1. The minimum Gasteiger partial charge on any atom is -0.325 e. The van der Waals surface area contributed by atoms with Crippen LogP contribution in [-0.2, 0) is 4.79 Å². The first-order valence-electron chi connectivity index (χ1n) is 5.71. The number of hydrogen-bond acceptors (Lipinski definition) is 2. The number of carbonyl (C=O) groups excluding carboxylic acids is 1. The van der Waals surface area contributed by atoms with Crippen LogP contribution in [-0.4, -0.2) is 11.3 Å². The summed E-state index contributed by atoms with van der Waals surface area (Å²) in [5.41, 5.74) is 6.61. The van der Waals surface area contributed by atoms with Crippen molar-refractivity contribution in [2.45, 2.75) is 39.2 Å². The van der Waals surface area contributed by atoms with Crippen molar-refractivity contribution in [2.75, 3.05) is 0 Å². The highest BCUT2D eigenvalue weighted by atomic mass is 16.1. The molecule has 0 saturated heterocycles. The zero-order chi connectivity index (χ0) is 12.3. The summed E-state index contributed by atoms with van der Waals surface area (Å²) in [6, 6.07) is 9.78. The standard InChI is InChI=1S/C14H21NO/c1-10(2)13(16)12(14(3,4)15)11-8-6-5-7-9-11/h5-10,12H,15H2,1-4H3/t12-/m0/s1. The molecule has 0 saturated carbocycles. The second-order valence-corrected chi connectivity index (χ2v) is 5.22. The normalized spacial score (nSPS) is 13.9. The summed E-state index contributed by atoms with van der Waals surface area (Å²) in [6.45, 7) is 7.66. The lowest BCUT2D eigenvalue weighted by Crippen LogP contribution is -2.44. The molecule has 0 amide bonds. The molecule has 2 heteroatoms. The van der Waals surface area contributed by atoms with E-state index >= 15 is 0 Å². The highest BCUT2D eigenvalue weighted by Gasteiger charge is 2.34. The van der Waals surface area contributed by atoms with Crippen molar-refractivity contribution < 1.29 is 4.79 Å². The van der Waals surface area contributed by atoms with Gasteiger partial charge in [-0.3, -0.25) is 4.79 Å². The van der Waals surface area contributed by atoms with Crippen molar-refractivity contribution in [3.8, 4) is 0 Å². The molecule has 0 aliphatic heterocycles. The van der Waals surface area contributed by atoms with Gasteiger partial charge in [-0.25, -0.2) is 0 Å². The summed E-state index contributed by atoms with van der Waals surface area (Å²) in [5, 5.41) is 0. The average Bonchev–Trinajstić information content (AvgIpc) is 2.17. The van der Waals surface area contributed by atoms with Gasteiger partial charge in [0.05, 0.1) is 5.92 Å². The Morgan fingerprint density at radius 1 is 1.19 bits per heavy atom. The number of Topliss-reactive ketones (excluding diaryl/α,β-unsaturated/α-hetero) is 1. The minimum atomic E-state index is -0.525. The molecule has 1 aromatic carbocycles. The summed E-state index contributed by atoms with van der Waals surface area (Å²) in [6.07, 6.45) is 0. The molecule has 0 aliphatic carbocycles. The van der Waals surface area contributed by atoms with Crippen LogP contribution < -0.4 is 5.73 Å². The third kappa shape index (κ3) is 2.92. The molecule has 88 valence electrons. The topological polar surface area (TPSA) is 43.1 Å². The molecule has 0 bridgehead atoms. The third-order valence-corrected chi connectivity index (χ3v) is 2.73. The fraction of sp³-hybridized carbons (Fsp3) is 0.500. The predicted molar refractivity (Wildman–Crippen MR) is 67.3 cm³/mol. The van der Waals surface area contributed by atoms with Gasteiger partial charge in [0.1, 0.15) is 5.78 Å². The van der Waals surface area contributed by atoms with E-state index in [1.54, 1.807) is 0 Å². The van der Waals surface area contributed by atoms with Gasteiger partial charge < -0.3 is 5.73 Å². The first kappa shape index (κ1) is 12.9. The molecular formula is C14H21NO. The van der Waals surface area contributed by atoms with Crippen molar-refractivity contribution in [3.63, 3.8) is 0 Å². The first-order valence-corrected chi connectivity index (χ1v) is 5.71. The monoisotopic (exact) mass is 219 g/mol. The van der Waals surface area contributed by atoms with Gasteiger partial charge in [-0.2, -0.15) is 0 Å². The van der Waals surface area contributed by atoms with E-state index in [-0.39, 0.29) is 17.6 Å². The van der Waals surface area contributed by atoms with Gasteiger partial charge >= 0.3 is 0 Å². The van der Waals surface area contributed by atoms with E-state index < -0.39 is 5.54 Å². The lowest BCUT2D eigenvalue weighted by Gasteiger charge is -2.31. The van der Waals surface area contributed by atoms with Crippen LogP contribution in [0.4, 0.5) is 0 Å². The fourth-order valence-corrected chi connectivity index (χ4v) is 1.94. The van der Waals surface area contributed by atoms with Crippen molar-refractivity contribution >= 4 is 5.78 Å². The molecule has 1 atom stereocenters. The van der Waals surface area contributed by atoms with E-state index in [0.29, 0.717) is 0 Å². The van der Waals surface area contributed by atoms with Crippen LogP contribution in [0.1, 0.15) is 39.2 Å². The predicted octanol–water partition coefficient (Wildman–Crippen LogP) is 2.73. The second-order valence-electron chi connectivity index (χ2n) is 5.22. The zero-order valence-electron chi connectivity index (χ0n) is 10.5. The molecule has 1 aromatic rings. The first-order chi connectivity index (χ1) is 7.34.